The third-order valence-electron chi connectivity index (χ3n) is 3.80. The SMILES string of the molecule is Cc1cccc(-c2nnc(S[C@H](C)C(=O)Nc3ccccc3)n2C)c1. The maximum Gasteiger partial charge on any atom is 0.237 e. The number of nitrogens with zero attached hydrogens (tertiary/aromatic N) is 3. The summed E-state index contributed by atoms with van der Waals surface area (Å²) in [4.78, 5) is 12.4. The number of thioether (sulfide) groups is 1. The highest BCUT2D eigenvalue weighted by Crippen LogP contribution is 2.26. The van der Waals surface area contributed by atoms with Crippen LogP contribution in [0.3, 0.4) is 0 Å². The summed E-state index contributed by atoms with van der Waals surface area (Å²) < 4.78 is 1.92. The first kappa shape index (κ1) is 17.2. The lowest BCUT2D eigenvalue weighted by atomic mass is 10.1. The topological polar surface area (TPSA) is 59.8 Å². The number of aromatic nitrogens is 3. The molecule has 1 aromatic heterocycles. The Labute approximate surface area is 151 Å². The second-order valence-electron chi connectivity index (χ2n) is 5.85. The summed E-state index contributed by atoms with van der Waals surface area (Å²) >= 11 is 1.39. The Hall–Kier alpha value is -2.60. The third-order valence-corrected chi connectivity index (χ3v) is 4.94. The van der Waals surface area contributed by atoms with Gasteiger partial charge < -0.3 is 9.88 Å². The number of hydrogen-bond donors (Lipinski definition) is 1. The highest BCUT2D eigenvalue weighted by molar-refractivity contribution is 8.00. The van der Waals surface area contributed by atoms with E-state index in [-0.39, 0.29) is 11.2 Å². The molecule has 1 atom stereocenters. The number of carbonyl (C=O) groups excluding carboxylic acids is 1. The van der Waals surface area contributed by atoms with Gasteiger partial charge >= 0.3 is 0 Å². The number of hydrogen-bond acceptors (Lipinski definition) is 4. The molecule has 3 aromatic rings. The van der Waals surface area contributed by atoms with Gasteiger partial charge in [0.1, 0.15) is 0 Å². The van der Waals surface area contributed by atoms with Gasteiger partial charge in [-0.3, -0.25) is 4.79 Å². The van der Waals surface area contributed by atoms with E-state index in [4.69, 9.17) is 0 Å². The van der Waals surface area contributed by atoms with Gasteiger partial charge in [0.25, 0.3) is 0 Å². The summed E-state index contributed by atoms with van der Waals surface area (Å²) in [5.41, 5.74) is 2.98. The van der Waals surface area contributed by atoms with Crippen LogP contribution in [0.25, 0.3) is 11.4 Å². The highest BCUT2D eigenvalue weighted by Gasteiger charge is 2.19. The lowest BCUT2D eigenvalue weighted by Crippen LogP contribution is -2.22. The van der Waals surface area contributed by atoms with Gasteiger partial charge in [-0.1, -0.05) is 53.7 Å². The molecule has 1 N–H and O–H groups in total. The summed E-state index contributed by atoms with van der Waals surface area (Å²) in [7, 11) is 1.92. The average Bonchev–Trinajstić information content (AvgIpc) is 2.96. The first-order valence-corrected chi connectivity index (χ1v) is 8.91. The average molecular weight is 352 g/mol. The lowest BCUT2D eigenvalue weighted by Gasteiger charge is -2.11. The maximum absolute atomic E-state index is 12.4. The normalized spacial score (nSPS) is 12.0. The largest absolute Gasteiger partial charge is 0.325 e. The molecule has 0 saturated carbocycles. The quantitative estimate of drug-likeness (QED) is 0.707. The van der Waals surface area contributed by atoms with Gasteiger partial charge in [-0.15, -0.1) is 10.2 Å². The van der Waals surface area contributed by atoms with Crippen molar-refractivity contribution in [2.24, 2.45) is 7.05 Å². The zero-order chi connectivity index (χ0) is 17.8. The molecule has 0 bridgehead atoms. The highest BCUT2D eigenvalue weighted by atomic mass is 32.2. The molecule has 0 aliphatic rings. The number of aryl methyl sites for hydroxylation is 1. The van der Waals surface area contributed by atoms with E-state index in [1.165, 1.54) is 17.3 Å². The van der Waals surface area contributed by atoms with E-state index >= 15 is 0 Å². The minimum atomic E-state index is -0.284. The Morgan fingerprint density at radius 2 is 1.88 bits per heavy atom. The van der Waals surface area contributed by atoms with Crippen molar-refractivity contribution in [1.82, 2.24) is 14.8 Å². The summed E-state index contributed by atoms with van der Waals surface area (Å²) in [5.74, 6) is 0.734. The van der Waals surface area contributed by atoms with Gasteiger partial charge in [0.15, 0.2) is 11.0 Å². The van der Waals surface area contributed by atoms with Crippen LogP contribution in [0, 0.1) is 6.92 Å². The maximum atomic E-state index is 12.4. The van der Waals surface area contributed by atoms with E-state index in [1.54, 1.807) is 0 Å². The van der Waals surface area contributed by atoms with Crippen LogP contribution in [0.2, 0.25) is 0 Å². The van der Waals surface area contributed by atoms with E-state index in [1.807, 2.05) is 74.0 Å². The monoisotopic (exact) mass is 352 g/mol. The van der Waals surface area contributed by atoms with E-state index in [9.17, 15) is 4.79 Å². The Balaban J connectivity index is 1.72. The van der Waals surface area contributed by atoms with Crippen molar-refractivity contribution in [3.63, 3.8) is 0 Å². The van der Waals surface area contributed by atoms with Gasteiger partial charge in [0, 0.05) is 18.3 Å². The van der Waals surface area contributed by atoms with Gasteiger partial charge in [0.05, 0.1) is 5.25 Å². The second-order valence-corrected chi connectivity index (χ2v) is 7.16. The standard InChI is InChI=1S/C19H20N4OS/c1-13-8-7-9-15(12-13)17-21-22-19(23(17)3)25-14(2)18(24)20-16-10-5-4-6-11-16/h4-12,14H,1-3H3,(H,20,24)/t14-/m1/s1. The predicted octanol–water partition coefficient (Wildman–Crippen LogP) is 3.91. The Morgan fingerprint density at radius 1 is 1.12 bits per heavy atom. The van der Waals surface area contributed by atoms with E-state index in [0.29, 0.717) is 5.16 Å². The summed E-state index contributed by atoms with van der Waals surface area (Å²) in [6.45, 7) is 3.91. The summed E-state index contributed by atoms with van der Waals surface area (Å²) in [6.07, 6.45) is 0. The molecule has 3 rings (SSSR count). The minimum absolute atomic E-state index is 0.0590. The second kappa shape index (κ2) is 7.53. The van der Waals surface area contributed by atoms with Crippen molar-refractivity contribution in [2.45, 2.75) is 24.3 Å². The number of carbonyl (C=O) groups is 1. The molecule has 2 aromatic carbocycles. The van der Waals surface area contributed by atoms with E-state index in [2.05, 4.69) is 21.6 Å². The third kappa shape index (κ3) is 4.09. The van der Waals surface area contributed by atoms with Crippen LogP contribution in [0.1, 0.15) is 12.5 Å². The fourth-order valence-corrected chi connectivity index (χ4v) is 3.24. The van der Waals surface area contributed by atoms with Crippen molar-refractivity contribution >= 4 is 23.4 Å². The van der Waals surface area contributed by atoms with E-state index < -0.39 is 0 Å². The zero-order valence-electron chi connectivity index (χ0n) is 14.4. The van der Waals surface area contributed by atoms with E-state index in [0.717, 1.165) is 17.1 Å². The molecule has 6 heteroatoms. The lowest BCUT2D eigenvalue weighted by molar-refractivity contribution is -0.115. The molecule has 0 radical (unpaired) electrons. The van der Waals surface area contributed by atoms with Gasteiger partial charge in [0.2, 0.25) is 5.91 Å². The number of anilines is 1. The number of rotatable bonds is 5. The summed E-state index contributed by atoms with van der Waals surface area (Å²) in [5, 5.41) is 11.9. The van der Waals surface area contributed by atoms with Crippen LogP contribution in [0.4, 0.5) is 5.69 Å². The molecule has 1 heterocycles. The first-order chi connectivity index (χ1) is 12.0. The molecule has 5 nitrogen and oxygen atoms in total. The molecule has 0 aliphatic heterocycles. The molecule has 128 valence electrons. The molecule has 25 heavy (non-hydrogen) atoms. The van der Waals surface area contributed by atoms with Crippen LogP contribution in [0.5, 0.6) is 0 Å². The molecule has 0 saturated heterocycles. The van der Waals surface area contributed by atoms with Crippen LogP contribution in [0.15, 0.2) is 59.8 Å². The fraction of sp³-hybridized carbons (Fsp3) is 0.211. The minimum Gasteiger partial charge on any atom is -0.325 e. The Bertz CT molecular complexity index is 876. The molecule has 1 amide bonds. The van der Waals surface area contributed by atoms with Crippen molar-refractivity contribution < 1.29 is 4.79 Å². The van der Waals surface area contributed by atoms with Gasteiger partial charge in [-0.25, -0.2) is 0 Å². The summed E-state index contributed by atoms with van der Waals surface area (Å²) in [6, 6.07) is 17.6. The molecule has 0 unspecified atom stereocenters. The number of benzene rings is 2. The molecular weight excluding hydrogens is 332 g/mol. The molecule has 0 spiro atoms. The number of amides is 1. The Morgan fingerprint density at radius 3 is 2.60 bits per heavy atom. The van der Waals surface area contributed by atoms with Gasteiger partial charge in [-0.2, -0.15) is 0 Å². The van der Waals surface area contributed by atoms with Crippen molar-refractivity contribution in [2.75, 3.05) is 5.32 Å². The van der Waals surface area contributed by atoms with Crippen LogP contribution < -0.4 is 5.32 Å². The number of para-hydroxylation sites is 1. The molecule has 0 aliphatic carbocycles. The van der Waals surface area contributed by atoms with Gasteiger partial charge in [-0.05, 0) is 32.0 Å². The van der Waals surface area contributed by atoms with Crippen molar-refractivity contribution in [3.8, 4) is 11.4 Å². The number of nitrogens with one attached hydrogen (secondary N) is 1. The van der Waals surface area contributed by atoms with Crippen LogP contribution in [-0.4, -0.2) is 25.9 Å². The zero-order valence-corrected chi connectivity index (χ0v) is 15.2. The van der Waals surface area contributed by atoms with Crippen LogP contribution in [-0.2, 0) is 11.8 Å². The first-order valence-electron chi connectivity index (χ1n) is 8.03. The van der Waals surface area contributed by atoms with Crippen molar-refractivity contribution in [1.29, 1.82) is 0 Å². The predicted molar refractivity (Wildman–Crippen MR) is 102 cm³/mol. The Kier molecular flexibility index (Phi) is 5.19. The van der Waals surface area contributed by atoms with Crippen LogP contribution >= 0.6 is 11.8 Å². The fourth-order valence-electron chi connectivity index (χ4n) is 2.43. The smallest absolute Gasteiger partial charge is 0.237 e. The van der Waals surface area contributed by atoms with Crippen molar-refractivity contribution in [3.05, 3.63) is 60.2 Å². The molecule has 0 fully saturated rings. The molecular formula is C19H20N4OS.